The lowest BCUT2D eigenvalue weighted by molar-refractivity contribution is -0.119. The molecule has 1 saturated heterocycles. The van der Waals surface area contributed by atoms with Crippen LogP contribution in [0.1, 0.15) is 34.3 Å². The molecule has 0 saturated carbocycles. The molecule has 1 fully saturated rings. The number of halogens is 1. The van der Waals surface area contributed by atoms with Crippen LogP contribution < -0.4 is 5.32 Å². The first-order valence-electron chi connectivity index (χ1n) is 10.6. The van der Waals surface area contributed by atoms with Crippen LogP contribution in [0.3, 0.4) is 0 Å². The standard InChI is InChI=1S/C25H23ClN2O4S/c1-17-9-14-22(21(16-17)24(29)18-6-3-2-4-7-18)27-25(30)23-8-5-15-28(23)33(31,32)20-12-10-19(26)11-13-20/h2-4,6-7,9-14,16,23H,5,8,15H2,1H3,(H,27,30). The van der Waals surface area contributed by atoms with Gasteiger partial charge >= 0.3 is 0 Å². The van der Waals surface area contributed by atoms with Gasteiger partial charge in [0.15, 0.2) is 5.78 Å². The van der Waals surface area contributed by atoms with E-state index in [2.05, 4.69) is 5.32 Å². The molecule has 33 heavy (non-hydrogen) atoms. The Labute approximate surface area is 198 Å². The van der Waals surface area contributed by atoms with Gasteiger partial charge in [-0.15, -0.1) is 0 Å². The Kier molecular flexibility index (Phi) is 6.65. The number of amides is 1. The topological polar surface area (TPSA) is 83.6 Å². The normalized spacial score (nSPS) is 16.5. The molecule has 3 aromatic carbocycles. The molecule has 170 valence electrons. The van der Waals surface area contributed by atoms with Crippen LogP contribution in [0, 0.1) is 6.92 Å². The Bertz CT molecular complexity index is 1290. The van der Waals surface area contributed by atoms with Gasteiger partial charge in [0.2, 0.25) is 15.9 Å². The van der Waals surface area contributed by atoms with E-state index < -0.39 is 22.0 Å². The molecule has 1 unspecified atom stereocenters. The largest absolute Gasteiger partial charge is 0.324 e. The first-order valence-corrected chi connectivity index (χ1v) is 12.4. The maximum absolute atomic E-state index is 13.2. The summed E-state index contributed by atoms with van der Waals surface area (Å²) in [6.07, 6.45) is 0.959. The lowest BCUT2D eigenvalue weighted by Gasteiger charge is -2.24. The molecule has 0 radical (unpaired) electrons. The zero-order valence-electron chi connectivity index (χ0n) is 18.0. The minimum atomic E-state index is -3.87. The van der Waals surface area contributed by atoms with Gasteiger partial charge in [0, 0.05) is 22.7 Å². The van der Waals surface area contributed by atoms with Crippen LogP contribution in [0.15, 0.2) is 77.7 Å². The molecule has 1 N–H and O–H groups in total. The van der Waals surface area contributed by atoms with Crippen LogP contribution in [0.25, 0.3) is 0 Å². The molecule has 6 nitrogen and oxygen atoms in total. The predicted molar refractivity (Wildman–Crippen MR) is 128 cm³/mol. The number of carbonyl (C=O) groups is 2. The minimum Gasteiger partial charge on any atom is -0.324 e. The second-order valence-corrected chi connectivity index (χ2v) is 10.3. The number of hydrogen-bond acceptors (Lipinski definition) is 4. The minimum absolute atomic E-state index is 0.0851. The van der Waals surface area contributed by atoms with Crippen molar-refractivity contribution in [2.75, 3.05) is 11.9 Å². The molecule has 1 amide bonds. The third-order valence-electron chi connectivity index (χ3n) is 5.64. The number of hydrogen-bond donors (Lipinski definition) is 1. The lowest BCUT2D eigenvalue weighted by atomic mass is 9.99. The van der Waals surface area contributed by atoms with Crippen molar-refractivity contribution in [3.63, 3.8) is 0 Å². The van der Waals surface area contributed by atoms with Crippen LogP contribution in [0.4, 0.5) is 5.69 Å². The number of anilines is 1. The van der Waals surface area contributed by atoms with Crippen molar-refractivity contribution in [3.05, 3.63) is 94.5 Å². The second kappa shape index (κ2) is 9.47. The average molecular weight is 483 g/mol. The lowest BCUT2D eigenvalue weighted by Crippen LogP contribution is -2.43. The van der Waals surface area contributed by atoms with E-state index in [9.17, 15) is 18.0 Å². The van der Waals surface area contributed by atoms with Gasteiger partial charge in [-0.1, -0.05) is 53.6 Å². The van der Waals surface area contributed by atoms with E-state index in [-0.39, 0.29) is 17.2 Å². The zero-order chi connectivity index (χ0) is 23.6. The number of aryl methyl sites for hydroxylation is 1. The summed E-state index contributed by atoms with van der Waals surface area (Å²) in [4.78, 5) is 26.4. The molecule has 1 atom stereocenters. The van der Waals surface area contributed by atoms with Gasteiger partial charge < -0.3 is 5.32 Å². The molecular formula is C25H23ClN2O4S. The molecule has 1 aliphatic heterocycles. The van der Waals surface area contributed by atoms with Crippen molar-refractivity contribution in [1.29, 1.82) is 0 Å². The van der Waals surface area contributed by atoms with Crippen LogP contribution >= 0.6 is 11.6 Å². The first kappa shape index (κ1) is 23.2. The van der Waals surface area contributed by atoms with Gasteiger partial charge in [-0.2, -0.15) is 4.31 Å². The third kappa shape index (κ3) is 4.85. The van der Waals surface area contributed by atoms with Crippen molar-refractivity contribution in [2.45, 2.75) is 30.7 Å². The Balaban J connectivity index is 1.61. The van der Waals surface area contributed by atoms with Crippen LogP contribution in [-0.4, -0.2) is 37.0 Å². The highest BCUT2D eigenvalue weighted by molar-refractivity contribution is 7.89. The fourth-order valence-electron chi connectivity index (χ4n) is 3.95. The van der Waals surface area contributed by atoms with Gasteiger partial charge in [-0.05, 0) is 56.2 Å². The van der Waals surface area contributed by atoms with E-state index in [0.717, 1.165) is 5.56 Å². The molecule has 0 bridgehead atoms. The molecule has 1 aliphatic rings. The Morgan fingerprint density at radius 2 is 1.70 bits per heavy atom. The second-order valence-electron chi connectivity index (χ2n) is 7.96. The van der Waals surface area contributed by atoms with E-state index in [1.165, 1.54) is 28.6 Å². The van der Waals surface area contributed by atoms with E-state index in [1.807, 2.05) is 13.0 Å². The number of benzene rings is 3. The Hall–Kier alpha value is -3.00. The van der Waals surface area contributed by atoms with Crippen molar-refractivity contribution in [3.8, 4) is 0 Å². The number of sulfonamides is 1. The highest BCUT2D eigenvalue weighted by atomic mass is 35.5. The maximum Gasteiger partial charge on any atom is 0.243 e. The average Bonchev–Trinajstić information content (AvgIpc) is 3.32. The number of nitrogens with one attached hydrogen (secondary N) is 1. The van der Waals surface area contributed by atoms with E-state index in [4.69, 9.17) is 11.6 Å². The van der Waals surface area contributed by atoms with Crippen molar-refractivity contribution < 1.29 is 18.0 Å². The smallest absolute Gasteiger partial charge is 0.243 e. The van der Waals surface area contributed by atoms with Crippen LogP contribution in [0.2, 0.25) is 5.02 Å². The van der Waals surface area contributed by atoms with Crippen molar-refractivity contribution >= 4 is 39.0 Å². The fraction of sp³-hybridized carbons (Fsp3) is 0.200. The number of ketones is 1. The summed E-state index contributed by atoms with van der Waals surface area (Å²) in [7, 11) is -3.87. The van der Waals surface area contributed by atoms with Crippen molar-refractivity contribution in [2.24, 2.45) is 0 Å². The molecule has 4 rings (SSSR count). The highest BCUT2D eigenvalue weighted by Gasteiger charge is 2.39. The summed E-state index contributed by atoms with van der Waals surface area (Å²) in [5.41, 5.74) is 2.10. The van der Waals surface area contributed by atoms with Crippen LogP contribution in [0.5, 0.6) is 0 Å². The van der Waals surface area contributed by atoms with Crippen LogP contribution in [-0.2, 0) is 14.8 Å². The van der Waals surface area contributed by atoms with E-state index in [1.54, 1.807) is 42.5 Å². The summed E-state index contributed by atoms with van der Waals surface area (Å²) in [5.74, 6) is -0.678. The summed E-state index contributed by atoms with van der Waals surface area (Å²) in [6, 6.07) is 19.0. The molecule has 0 spiro atoms. The molecule has 1 heterocycles. The molecule has 3 aromatic rings. The van der Waals surface area contributed by atoms with E-state index >= 15 is 0 Å². The summed E-state index contributed by atoms with van der Waals surface area (Å²) >= 11 is 5.89. The van der Waals surface area contributed by atoms with Gasteiger partial charge in [-0.3, -0.25) is 9.59 Å². The van der Waals surface area contributed by atoms with Gasteiger partial charge in [0.1, 0.15) is 6.04 Å². The van der Waals surface area contributed by atoms with Crippen molar-refractivity contribution in [1.82, 2.24) is 4.31 Å². The summed E-state index contributed by atoms with van der Waals surface area (Å²) < 4.78 is 27.6. The molecule has 0 aliphatic carbocycles. The first-order chi connectivity index (χ1) is 15.8. The molecule has 8 heteroatoms. The zero-order valence-corrected chi connectivity index (χ0v) is 19.6. The maximum atomic E-state index is 13.2. The number of nitrogens with zero attached hydrogens (tertiary/aromatic N) is 1. The van der Waals surface area contributed by atoms with Gasteiger partial charge in [0.05, 0.1) is 10.6 Å². The summed E-state index contributed by atoms with van der Waals surface area (Å²) in [6.45, 7) is 2.11. The summed E-state index contributed by atoms with van der Waals surface area (Å²) in [5, 5.41) is 3.24. The monoisotopic (exact) mass is 482 g/mol. The Morgan fingerprint density at radius 1 is 1.00 bits per heavy atom. The molecular weight excluding hydrogens is 460 g/mol. The fourth-order valence-corrected chi connectivity index (χ4v) is 5.73. The van der Waals surface area contributed by atoms with Gasteiger partial charge in [0.25, 0.3) is 0 Å². The Morgan fingerprint density at radius 3 is 2.39 bits per heavy atom. The SMILES string of the molecule is Cc1ccc(NC(=O)C2CCCN2S(=O)(=O)c2ccc(Cl)cc2)c(C(=O)c2ccccc2)c1. The molecule has 0 aromatic heterocycles. The third-order valence-corrected chi connectivity index (χ3v) is 7.81. The predicted octanol–water partition coefficient (Wildman–Crippen LogP) is 4.67. The quantitative estimate of drug-likeness (QED) is 0.517. The number of rotatable bonds is 6. The van der Waals surface area contributed by atoms with E-state index in [0.29, 0.717) is 34.7 Å². The van der Waals surface area contributed by atoms with Gasteiger partial charge in [-0.25, -0.2) is 8.42 Å². The number of carbonyl (C=O) groups excluding carboxylic acids is 2. The highest BCUT2D eigenvalue weighted by Crippen LogP contribution is 2.29.